The molecule has 0 spiro atoms. The number of para-hydroxylation sites is 1. The maximum absolute atomic E-state index is 13.1. The van der Waals surface area contributed by atoms with Gasteiger partial charge in [-0.2, -0.15) is 0 Å². The number of phenols is 1. The molecule has 78 valence electrons. The van der Waals surface area contributed by atoms with Crippen molar-refractivity contribution in [3.63, 3.8) is 0 Å². The summed E-state index contributed by atoms with van der Waals surface area (Å²) in [5, 5.41) is 17.4. The Balaban J connectivity index is 3.12. The lowest BCUT2D eigenvalue weighted by atomic mass is 10.0. The normalized spacial score (nSPS) is 11.7. The molecule has 0 unspecified atom stereocenters. The average Bonchev–Trinajstić information content (AvgIpc) is 2.09. The zero-order valence-electron chi connectivity index (χ0n) is 7.17. The molecule has 0 saturated heterocycles. The number of hydrogen-bond donors (Lipinski definition) is 2. The molecule has 5 heteroatoms. The number of aliphatic hydroxyl groups excluding tert-OH is 1. The topological polar surface area (TPSA) is 40.5 Å². The van der Waals surface area contributed by atoms with E-state index in [2.05, 4.69) is 0 Å². The van der Waals surface area contributed by atoms with Gasteiger partial charge in [0.25, 0.3) is 5.92 Å². The van der Waals surface area contributed by atoms with Gasteiger partial charge in [-0.15, -0.1) is 0 Å². The highest BCUT2D eigenvalue weighted by molar-refractivity contribution is 5.36. The number of aromatic hydroxyl groups is 1. The molecule has 0 aliphatic heterocycles. The standard InChI is InChI=1S/C9H9F3O2/c10-7-3-1-2-6(8(7)14)9(11,12)4-5-13/h1-3,13-14H,4-5H2. The van der Waals surface area contributed by atoms with Gasteiger partial charge in [0.05, 0.1) is 5.56 Å². The zero-order valence-corrected chi connectivity index (χ0v) is 7.17. The molecule has 2 N–H and O–H groups in total. The van der Waals surface area contributed by atoms with Crippen LogP contribution in [0.4, 0.5) is 13.2 Å². The number of benzene rings is 1. The first-order chi connectivity index (χ1) is 6.49. The van der Waals surface area contributed by atoms with E-state index in [0.29, 0.717) is 0 Å². The molecule has 0 aromatic heterocycles. The second-order valence-corrected chi connectivity index (χ2v) is 2.81. The molecule has 0 atom stereocenters. The van der Waals surface area contributed by atoms with Crippen molar-refractivity contribution >= 4 is 0 Å². The van der Waals surface area contributed by atoms with Gasteiger partial charge < -0.3 is 10.2 Å². The lowest BCUT2D eigenvalue weighted by Gasteiger charge is -2.16. The van der Waals surface area contributed by atoms with Gasteiger partial charge in [-0.25, -0.2) is 13.2 Å². The molecule has 1 aromatic rings. The molecule has 0 bridgehead atoms. The van der Waals surface area contributed by atoms with Crippen molar-refractivity contribution in [2.24, 2.45) is 0 Å². The second-order valence-electron chi connectivity index (χ2n) is 2.81. The predicted molar refractivity (Wildman–Crippen MR) is 43.7 cm³/mol. The smallest absolute Gasteiger partial charge is 0.279 e. The van der Waals surface area contributed by atoms with Crippen molar-refractivity contribution in [1.29, 1.82) is 0 Å². The summed E-state index contributed by atoms with van der Waals surface area (Å²) in [6.07, 6.45) is -0.843. The van der Waals surface area contributed by atoms with Gasteiger partial charge in [0.1, 0.15) is 0 Å². The van der Waals surface area contributed by atoms with Gasteiger partial charge in [-0.1, -0.05) is 6.07 Å². The highest BCUT2D eigenvalue weighted by atomic mass is 19.3. The Bertz CT molecular complexity index is 326. The molecule has 0 aliphatic carbocycles. The molecular formula is C9H9F3O2. The summed E-state index contributed by atoms with van der Waals surface area (Å²) in [4.78, 5) is 0. The van der Waals surface area contributed by atoms with Crippen LogP contribution in [0.2, 0.25) is 0 Å². The van der Waals surface area contributed by atoms with E-state index in [1.807, 2.05) is 0 Å². The SMILES string of the molecule is OCCC(F)(F)c1cccc(F)c1O. The summed E-state index contributed by atoms with van der Waals surface area (Å²) in [5.74, 6) is -5.58. The highest BCUT2D eigenvalue weighted by Crippen LogP contribution is 2.37. The van der Waals surface area contributed by atoms with E-state index < -0.39 is 36.1 Å². The predicted octanol–water partition coefficient (Wildman–Crippen LogP) is 2.01. The van der Waals surface area contributed by atoms with Gasteiger partial charge in [-0.05, 0) is 12.1 Å². The number of phenolic OH excluding ortho intramolecular Hbond substituents is 1. The third-order valence-corrected chi connectivity index (χ3v) is 1.81. The number of rotatable bonds is 3. The average molecular weight is 206 g/mol. The molecular weight excluding hydrogens is 197 g/mol. The van der Waals surface area contributed by atoms with Crippen LogP contribution < -0.4 is 0 Å². The Labute approximate surface area is 78.6 Å². The van der Waals surface area contributed by atoms with Crippen molar-refractivity contribution in [1.82, 2.24) is 0 Å². The van der Waals surface area contributed by atoms with Crippen LogP contribution in [0.3, 0.4) is 0 Å². The Morgan fingerprint density at radius 1 is 1.29 bits per heavy atom. The molecule has 0 fully saturated rings. The molecule has 1 rings (SSSR count). The van der Waals surface area contributed by atoms with Crippen LogP contribution in [0.15, 0.2) is 18.2 Å². The Morgan fingerprint density at radius 3 is 2.50 bits per heavy atom. The largest absolute Gasteiger partial charge is 0.504 e. The molecule has 0 radical (unpaired) electrons. The monoisotopic (exact) mass is 206 g/mol. The van der Waals surface area contributed by atoms with Gasteiger partial charge in [0.15, 0.2) is 11.6 Å². The number of alkyl halides is 2. The van der Waals surface area contributed by atoms with Gasteiger partial charge in [0, 0.05) is 13.0 Å². The van der Waals surface area contributed by atoms with Crippen LogP contribution >= 0.6 is 0 Å². The third kappa shape index (κ3) is 1.98. The van der Waals surface area contributed by atoms with Gasteiger partial charge in [-0.3, -0.25) is 0 Å². The fourth-order valence-corrected chi connectivity index (χ4v) is 1.09. The summed E-state index contributed by atoms with van der Waals surface area (Å²) in [7, 11) is 0. The Hall–Kier alpha value is -1.23. The molecule has 0 heterocycles. The van der Waals surface area contributed by atoms with E-state index in [1.54, 1.807) is 0 Å². The van der Waals surface area contributed by atoms with Crippen molar-refractivity contribution in [2.45, 2.75) is 12.3 Å². The lowest BCUT2D eigenvalue weighted by Crippen LogP contribution is -2.15. The number of hydrogen-bond acceptors (Lipinski definition) is 2. The van der Waals surface area contributed by atoms with E-state index in [9.17, 15) is 13.2 Å². The lowest BCUT2D eigenvalue weighted by molar-refractivity contribution is -0.0291. The van der Waals surface area contributed by atoms with E-state index in [0.717, 1.165) is 18.2 Å². The van der Waals surface area contributed by atoms with Crippen LogP contribution in [0.5, 0.6) is 5.75 Å². The quantitative estimate of drug-likeness (QED) is 0.794. The summed E-state index contributed by atoms with van der Waals surface area (Å²) in [6, 6.07) is 2.89. The van der Waals surface area contributed by atoms with Crippen LogP contribution in [-0.2, 0) is 5.92 Å². The minimum Gasteiger partial charge on any atom is -0.504 e. The molecule has 1 aromatic carbocycles. The van der Waals surface area contributed by atoms with Crippen LogP contribution in [0, 0.1) is 5.82 Å². The third-order valence-electron chi connectivity index (χ3n) is 1.81. The zero-order chi connectivity index (χ0) is 10.8. The summed E-state index contributed by atoms with van der Waals surface area (Å²) in [5.41, 5.74) is -0.799. The molecule has 14 heavy (non-hydrogen) atoms. The van der Waals surface area contributed by atoms with Crippen LogP contribution in [-0.4, -0.2) is 16.8 Å². The van der Waals surface area contributed by atoms with Crippen molar-refractivity contribution in [2.75, 3.05) is 6.61 Å². The molecule has 0 aliphatic rings. The minimum atomic E-state index is -3.42. The number of aliphatic hydroxyl groups is 1. The summed E-state index contributed by atoms with van der Waals surface area (Å²) >= 11 is 0. The first kappa shape index (κ1) is 10.8. The first-order valence-corrected chi connectivity index (χ1v) is 3.95. The second kappa shape index (κ2) is 3.88. The molecule has 2 nitrogen and oxygen atoms in total. The Morgan fingerprint density at radius 2 is 1.93 bits per heavy atom. The first-order valence-electron chi connectivity index (χ1n) is 3.95. The molecule has 0 saturated carbocycles. The summed E-state index contributed by atoms with van der Waals surface area (Å²) < 4.78 is 38.9. The fourth-order valence-electron chi connectivity index (χ4n) is 1.09. The van der Waals surface area contributed by atoms with Gasteiger partial charge in [0.2, 0.25) is 0 Å². The van der Waals surface area contributed by atoms with E-state index in [1.165, 1.54) is 0 Å². The van der Waals surface area contributed by atoms with E-state index in [-0.39, 0.29) is 0 Å². The maximum atomic E-state index is 13.1. The van der Waals surface area contributed by atoms with Crippen molar-refractivity contribution in [3.8, 4) is 5.75 Å². The van der Waals surface area contributed by atoms with Gasteiger partial charge >= 0.3 is 0 Å². The fraction of sp³-hybridized carbons (Fsp3) is 0.333. The van der Waals surface area contributed by atoms with Crippen LogP contribution in [0.25, 0.3) is 0 Å². The van der Waals surface area contributed by atoms with E-state index >= 15 is 0 Å². The van der Waals surface area contributed by atoms with E-state index in [4.69, 9.17) is 10.2 Å². The Kier molecular flexibility index (Phi) is 3.00. The minimum absolute atomic E-state index is 0.733. The van der Waals surface area contributed by atoms with Crippen molar-refractivity contribution < 1.29 is 23.4 Å². The number of halogens is 3. The summed E-state index contributed by atoms with van der Waals surface area (Å²) in [6.45, 7) is -0.733. The van der Waals surface area contributed by atoms with Crippen molar-refractivity contribution in [3.05, 3.63) is 29.6 Å². The highest BCUT2D eigenvalue weighted by Gasteiger charge is 2.34. The van der Waals surface area contributed by atoms with Crippen LogP contribution in [0.1, 0.15) is 12.0 Å². The maximum Gasteiger partial charge on any atom is 0.279 e. The molecule has 0 amide bonds.